The Morgan fingerprint density at radius 2 is 0.768 bits per heavy atom. The third kappa shape index (κ3) is 5.13. The highest BCUT2D eigenvalue weighted by atomic mass is 15.1. The summed E-state index contributed by atoms with van der Waals surface area (Å²) in [5, 5.41) is 4.85. The highest BCUT2D eigenvalue weighted by Gasteiger charge is 2.23. The second-order valence-electron chi connectivity index (χ2n) is 14.0. The van der Waals surface area contributed by atoms with Crippen molar-refractivity contribution in [2.24, 2.45) is 0 Å². The van der Waals surface area contributed by atoms with E-state index in [0.717, 1.165) is 44.6 Å². The van der Waals surface area contributed by atoms with Crippen molar-refractivity contribution in [3.63, 3.8) is 0 Å². The summed E-state index contributed by atoms with van der Waals surface area (Å²) in [5.41, 5.74) is 11.9. The van der Waals surface area contributed by atoms with Gasteiger partial charge >= 0.3 is 0 Å². The first-order valence-corrected chi connectivity index (χ1v) is 18.9. The normalized spacial score (nSPS) is 11.6. The van der Waals surface area contributed by atoms with Crippen LogP contribution in [0.4, 0.5) is 0 Å². The number of aromatic nitrogens is 5. The van der Waals surface area contributed by atoms with Gasteiger partial charge in [-0.15, -0.1) is 0 Å². The van der Waals surface area contributed by atoms with Crippen LogP contribution >= 0.6 is 0 Å². The van der Waals surface area contributed by atoms with Crippen molar-refractivity contribution in [3.8, 4) is 56.7 Å². The van der Waals surface area contributed by atoms with E-state index in [4.69, 9.17) is 15.0 Å². The van der Waals surface area contributed by atoms with Crippen LogP contribution in [-0.2, 0) is 0 Å². The van der Waals surface area contributed by atoms with Crippen LogP contribution in [0.15, 0.2) is 200 Å². The van der Waals surface area contributed by atoms with Crippen LogP contribution in [0.1, 0.15) is 0 Å². The first-order chi connectivity index (χ1) is 27.8. The van der Waals surface area contributed by atoms with Crippen LogP contribution in [0.3, 0.4) is 0 Å². The lowest BCUT2D eigenvalue weighted by molar-refractivity contribution is 1.06. The van der Waals surface area contributed by atoms with E-state index in [2.05, 4.69) is 149 Å². The van der Waals surface area contributed by atoms with Gasteiger partial charge in [0, 0.05) is 43.9 Å². The molecule has 3 heterocycles. The molecule has 56 heavy (non-hydrogen) atoms. The lowest BCUT2D eigenvalue weighted by Gasteiger charge is -2.14. The first kappa shape index (κ1) is 31.9. The minimum atomic E-state index is 0.621. The van der Waals surface area contributed by atoms with Crippen molar-refractivity contribution < 1.29 is 0 Å². The smallest absolute Gasteiger partial charge is 0.166 e. The molecule has 11 rings (SSSR count). The molecule has 0 spiro atoms. The summed E-state index contributed by atoms with van der Waals surface area (Å²) in [6.07, 6.45) is 0. The van der Waals surface area contributed by atoms with Gasteiger partial charge in [-0.3, -0.25) is 0 Å². The second-order valence-corrected chi connectivity index (χ2v) is 14.0. The average molecular weight is 716 g/mol. The predicted molar refractivity (Wildman–Crippen MR) is 230 cm³/mol. The number of hydrogen-bond acceptors (Lipinski definition) is 3. The molecule has 0 aliphatic heterocycles. The molecule has 11 aromatic rings. The largest absolute Gasteiger partial charge is 0.309 e. The van der Waals surface area contributed by atoms with Crippen LogP contribution in [0.25, 0.3) is 100 Å². The molecule has 0 atom stereocenters. The highest BCUT2D eigenvalue weighted by molar-refractivity contribution is 6.29. The predicted octanol–water partition coefficient (Wildman–Crippen LogP) is 12.7. The van der Waals surface area contributed by atoms with E-state index in [9.17, 15) is 0 Å². The van der Waals surface area contributed by atoms with Gasteiger partial charge in [0.25, 0.3) is 0 Å². The van der Waals surface area contributed by atoms with E-state index in [1.54, 1.807) is 0 Å². The Bertz CT molecular complexity index is 3180. The molecule has 262 valence electrons. The van der Waals surface area contributed by atoms with Crippen LogP contribution in [0.2, 0.25) is 0 Å². The Labute approximate surface area is 323 Å². The number of benzene rings is 8. The Kier molecular flexibility index (Phi) is 7.42. The Hall–Kier alpha value is -7.63. The van der Waals surface area contributed by atoms with Crippen molar-refractivity contribution in [1.82, 2.24) is 24.1 Å². The molecule has 0 saturated heterocycles. The van der Waals surface area contributed by atoms with Crippen molar-refractivity contribution in [3.05, 3.63) is 200 Å². The monoisotopic (exact) mass is 715 g/mol. The molecule has 0 N–H and O–H groups in total. The maximum atomic E-state index is 5.15. The molecule has 5 heteroatoms. The summed E-state index contributed by atoms with van der Waals surface area (Å²) in [7, 11) is 0. The van der Waals surface area contributed by atoms with Crippen molar-refractivity contribution in [2.45, 2.75) is 0 Å². The fraction of sp³-hybridized carbons (Fsp3) is 0. The maximum Gasteiger partial charge on any atom is 0.166 e. The summed E-state index contributed by atoms with van der Waals surface area (Å²) in [4.78, 5) is 15.3. The van der Waals surface area contributed by atoms with Crippen molar-refractivity contribution in [1.29, 1.82) is 0 Å². The summed E-state index contributed by atoms with van der Waals surface area (Å²) in [5.74, 6) is 1.89. The average Bonchev–Trinajstić information content (AvgIpc) is 3.80. The van der Waals surface area contributed by atoms with E-state index < -0.39 is 0 Å². The topological polar surface area (TPSA) is 48.5 Å². The van der Waals surface area contributed by atoms with Crippen LogP contribution in [0, 0.1) is 0 Å². The van der Waals surface area contributed by atoms with Crippen LogP contribution < -0.4 is 0 Å². The first-order valence-electron chi connectivity index (χ1n) is 18.9. The van der Waals surface area contributed by atoms with Gasteiger partial charge in [0.15, 0.2) is 17.5 Å². The molecule has 0 fully saturated rings. The lowest BCUT2D eigenvalue weighted by Crippen LogP contribution is -2.03. The minimum Gasteiger partial charge on any atom is -0.309 e. The van der Waals surface area contributed by atoms with Crippen LogP contribution in [-0.4, -0.2) is 24.1 Å². The van der Waals surface area contributed by atoms with E-state index in [1.165, 1.54) is 38.2 Å². The molecular formula is C51H33N5. The highest BCUT2D eigenvalue weighted by Crippen LogP contribution is 2.43. The quantitative estimate of drug-likeness (QED) is 0.172. The molecule has 0 unspecified atom stereocenters. The number of para-hydroxylation sites is 3. The van der Waals surface area contributed by atoms with E-state index in [0.29, 0.717) is 17.5 Å². The Morgan fingerprint density at radius 1 is 0.304 bits per heavy atom. The summed E-state index contributed by atoms with van der Waals surface area (Å²) in [6, 6.07) is 70.3. The fourth-order valence-corrected chi connectivity index (χ4v) is 8.30. The second kappa shape index (κ2) is 13.0. The molecule has 0 bridgehead atoms. The summed E-state index contributed by atoms with van der Waals surface area (Å²) in [6.45, 7) is 0. The van der Waals surface area contributed by atoms with Crippen molar-refractivity contribution >= 4 is 43.6 Å². The molecule has 0 saturated carbocycles. The third-order valence-corrected chi connectivity index (χ3v) is 10.8. The molecule has 0 radical (unpaired) electrons. The molecule has 8 aromatic carbocycles. The van der Waals surface area contributed by atoms with E-state index >= 15 is 0 Å². The van der Waals surface area contributed by atoms with Crippen molar-refractivity contribution in [2.75, 3.05) is 0 Å². The lowest BCUT2D eigenvalue weighted by atomic mass is 10.0. The zero-order valence-electron chi connectivity index (χ0n) is 30.3. The molecule has 0 aliphatic rings. The third-order valence-electron chi connectivity index (χ3n) is 10.8. The van der Waals surface area contributed by atoms with Gasteiger partial charge in [0.1, 0.15) is 0 Å². The number of nitrogens with zero attached hydrogens (tertiary/aromatic N) is 5. The molecular weight excluding hydrogens is 683 g/mol. The SMILES string of the molecule is c1ccc(-c2cccc(-n3c4ccccc4c4c5c6ccccc6n(-c6ccccc6-c6nc(-c7ccccc7)nc(-c7ccccc7)n6)c5ccc43)c2)cc1. The minimum absolute atomic E-state index is 0.621. The molecule has 5 nitrogen and oxygen atoms in total. The van der Waals surface area contributed by atoms with Gasteiger partial charge < -0.3 is 9.13 Å². The number of fused-ring (bicyclic) bond motifs is 7. The van der Waals surface area contributed by atoms with Gasteiger partial charge in [-0.05, 0) is 59.7 Å². The Morgan fingerprint density at radius 3 is 1.39 bits per heavy atom. The zero-order valence-corrected chi connectivity index (χ0v) is 30.3. The van der Waals surface area contributed by atoms with Gasteiger partial charge in [-0.1, -0.05) is 152 Å². The standard InChI is InChI=1S/C51H33N5/c1-4-17-34(18-5-1)37-23-16-24-38(33-37)55-42-28-13-10-25-39(42)47-45(55)31-32-46-48(47)40-26-11-14-29-43(40)56(46)44-30-15-12-27-41(44)51-53-49(35-19-6-2-7-20-35)52-50(54-51)36-21-8-3-9-22-36/h1-33H. The van der Waals surface area contributed by atoms with Gasteiger partial charge in [-0.2, -0.15) is 0 Å². The number of rotatable bonds is 6. The summed E-state index contributed by atoms with van der Waals surface area (Å²) >= 11 is 0. The van der Waals surface area contributed by atoms with E-state index in [1.807, 2.05) is 60.7 Å². The molecule has 0 aliphatic carbocycles. The molecule has 3 aromatic heterocycles. The number of hydrogen-bond donors (Lipinski definition) is 0. The van der Waals surface area contributed by atoms with Gasteiger partial charge in [-0.25, -0.2) is 15.0 Å². The zero-order chi connectivity index (χ0) is 37.0. The maximum absolute atomic E-state index is 5.15. The molecule has 0 amide bonds. The Balaban J connectivity index is 1.18. The fourth-order valence-electron chi connectivity index (χ4n) is 8.30. The summed E-state index contributed by atoms with van der Waals surface area (Å²) < 4.78 is 4.80. The van der Waals surface area contributed by atoms with Gasteiger partial charge in [0.2, 0.25) is 0 Å². The van der Waals surface area contributed by atoms with Gasteiger partial charge in [0.05, 0.1) is 27.8 Å². The van der Waals surface area contributed by atoms with E-state index in [-0.39, 0.29) is 0 Å². The van der Waals surface area contributed by atoms with Crippen LogP contribution in [0.5, 0.6) is 0 Å².